The highest BCUT2D eigenvalue weighted by Crippen LogP contribution is 2.30. The second-order valence-corrected chi connectivity index (χ2v) is 6.08. The van der Waals surface area contributed by atoms with Crippen LogP contribution in [-0.4, -0.2) is 14.5 Å². The van der Waals surface area contributed by atoms with E-state index in [2.05, 4.69) is 4.72 Å². The van der Waals surface area contributed by atoms with Crippen molar-refractivity contribution in [1.82, 2.24) is 4.72 Å². The van der Waals surface area contributed by atoms with Crippen LogP contribution in [0.3, 0.4) is 0 Å². The van der Waals surface area contributed by atoms with Gasteiger partial charge in [-0.15, -0.1) is 0 Å². The van der Waals surface area contributed by atoms with Gasteiger partial charge >= 0.3 is 0 Å². The number of nitrogen functional groups attached to an aromatic ring is 1. The lowest BCUT2D eigenvalue weighted by atomic mass is 10.3. The molecule has 0 bridgehead atoms. The first kappa shape index (κ1) is 13.6. The minimum atomic E-state index is -3.65. The molecule has 90 valence electrons. The summed E-state index contributed by atoms with van der Waals surface area (Å²) in [6.45, 7) is 3.43. The maximum Gasteiger partial charge on any atom is 0.242 e. The molecule has 16 heavy (non-hydrogen) atoms. The molecule has 1 rings (SSSR count). The van der Waals surface area contributed by atoms with Crippen LogP contribution in [0.1, 0.15) is 13.8 Å². The van der Waals surface area contributed by atoms with Gasteiger partial charge < -0.3 is 5.73 Å². The van der Waals surface area contributed by atoms with E-state index in [0.29, 0.717) is 0 Å². The van der Waals surface area contributed by atoms with Crippen molar-refractivity contribution < 1.29 is 8.42 Å². The summed E-state index contributed by atoms with van der Waals surface area (Å²) in [4.78, 5) is -0.0675. The molecule has 4 nitrogen and oxygen atoms in total. The van der Waals surface area contributed by atoms with Gasteiger partial charge in [0.1, 0.15) is 4.90 Å². The molecule has 0 fully saturated rings. The molecule has 0 spiro atoms. The molecule has 0 aliphatic heterocycles. The van der Waals surface area contributed by atoms with Crippen molar-refractivity contribution >= 4 is 38.9 Å². The van der Waals surface area contributed by atoms with Crippen molar-refractivity contribution in [2.45, 2.75) is 24.8 Å². The quantitative estimate of drug-likeness (QED) is 0.836. The Kier molecular flexibility index (Phi) is 4.07. The van der Waals surface area contributed by atoms with E-state index in [1.807, 2.05) is 0 Å². The Hall–Kier alpha value is -0.490. The highest BCUT2D eigenvalue weighted by molar-refractivity contribution is 7.89. The molecule has 1 aromatic carbocycles. The Morgan fingerprint density at radius 1 is 1.25 bits per heavy atom. The molecule has 0 aliphatic carbocycles. The maximum atomic E-state index is 11.8. The largest absolute Gasteiger partial charge is 0.397 e. The lowest BCUT2D eigenvalue weighted by molar-refractivity contribution is 0.570. The number of hydrogen-bond donors (Lipinski definition) is 2. The second kappa shape index (κ2) is 4.79. The van der Waals surface area contributed by atoms with E-state index in [1.54, 1.807) is 13.8 Å². The van der Waals surface area contributed by atoms with E-state index in [0.717, 1.165) is 0 Å². The Labute approximate surface area is 105 Å². The molecule has 7 heteroatoms. The Bertz CT molecular complexity index is 500. The van der Waals surface area contributed by atoms with Crippen molar-refractivity contribution in [2.24, 2.45) is 0 Å². The fraction of sp³-hybridized carbons (Fsp3) is 0.333. The molecule has 3 N–H and O–H groups in total. The van der Waals surface area contributed by atoms with E-state index < -0.39 is 10.0 Å². The van der Waals surface area contributed by atoms with Gasteiger partial charge in [0, 0.05) is 6.04 Å². The van der Waals surface area contributed by atoms with Gasteiger partial charge in [0.15, 0.2) is 0 Å². The molecular formula is C9H12Cl2N2O2S. The Morgan fingerprint density at radius 3 is 2.31 bits per heavy atom. The second-order valence-electron chi connectivity index (χ2n) is 3.58. The first-order chi connectivity index (χ1) is 7.24. The van der Waals surface area contributed by atoms with Gasteiger partial charge in [0.05, 0.1) is 15.7 Å². The number of sulfonamides is 1. The molecule has 0 aliphatic rings. The summed E-state index contributed by atoms with van der Waals surface area (Å²) in [6.07, 6.45) is 0. The summed E-state index contributed by atoms with van der Waals surface area (Å²) in [5.41, 5.74) is 5.75. The van der Waals surface area contributed by atoms with Crippen molar-refractivity contribution in [3.8, 4) is 0 Å². The fourth-order valence-corrected chi connectivity index (χ4v) is 3.17. The highest BCUT2D eigenvalue weighted by Gasteiger charge is 2.20. The number of rotatable bonds is 3. The zero-order chi connectivity index (χ0) is 12.5. The number of nitrogens with two attached hydrogens (primary N) is 1. The first-order valence-corrected chi connectivity index (χ1v) is 6.75. The fourth-order valence-electron chi connectivity index (χ4n) is 1.12. The lowest BCUT2D eigenvalue weighted by Gasteiger charge is -2.11. The van der Waals surface area contributed by atoms with Gasteiger partial charge in [-0.2, -0.15) is 0 Å². The van der Waals surface area contributed by atoms with Crippen LogP contribution in [-0.2, 0) is 10.0 Å². The van der Waals surface area contributed by atoms with E-state index in [1.165, 1.54) is 12.1 Å². The molecule has 0 radical (unpaired) electrons. The molecular weight excluding hydrogens is 271 g/mol. The van der Waals surface area contributed by atoms with Gasteiger partial charge in [-0.25, -0.2) is 13.1 Å². The van der Waals surface area contributed by atoms with Crippen molar-refractivity contribution in [2.75, 3.05) is 5.73 Å². The van der Waals surface area contributed by atoms with Crippen LogP contribution in [0.4, 0.5) is 5.69 Å². The summed E-state index contributed by atoms with van der Waals surface area (Å²) in [5.74, 6) is 0. The zero-order valence-corrected chi connectivity index (χ0v) is 11.1. The number of halogens is 2. The molecule has 0 heterocycles. The summed E-state index contributed by atoms with van der Waals surface area (Å²) >= 11 is 11.6. The molecule has 0 aromatic heterocycles. The van der Waals surface area contributed by atoms with Gasteiger partial charge in [0.25, 0.3) is 0 Å². The Balaban J connectivity index is 3.29. The molecule has 0 unspecified atom stereocenters. The molecule has 0 saturated carbocycles. The van der Waals surface area contributed by atoms with Crippen LogP contribution < -0.4 is 10.5 Å². The number of benzene rings is 1. The van der Waals surface area contributed by atoms with Crippen molar-refractivity contribution in [3.63, 3.8) is 0 Å². The van der Waals surface area contributed by atoms with Crippen LogP contribution in [0, 0.1) is 0 Å². The van der Waals surface area contributed by atoms with Crippen molar-refractivity contribution in [3.05, 3.63) is 22.2 Å². The topological polar surface area (TPSA) is 72.2 Å². The van der Waals surface area contributed by atoms with Crippen LogP contribution in [0.5, 0.6) is 0 Å². The standard InChI is InChI=1S/C9H12Cl2N2O2S/c1-5(2)13-16(14,15)9-4-6(10)8(12)3-7(9)11/h3-5,13H,12H2,1-2H3. The van der Waals surface area contributed by atoms with Crippen LogP contribution in [0.15, 0.2) is 17.0 Å². The molecule has 0 amide bonds. The lowest BCUT2D eigenvalue weighted by Crippen LogP contribution is -2.30. The van der Waals surface area contributed by atoms with E-state index in [4.69, 9.17) is 28.9 Å². The summed E-state index contributed by atoms with van der Waals surface area (Å²) in [7, 11) is -3.65. The Morgan fingerprint density at radius 2 is 1.81 bits per heavy atom. The van der Waals surface area contributed by atoms with Gasteiger partial charge in [-0.3, -0.25) is 0 Å². The SMILES string of the molecule is CC(C)NS(=O)(=O)c1cc(Cl)c(N)cc1Cl. The third kappa shape index (κ3) is 3.01. The summed E-state index contributed by atoms with van der Waals surface area (Å²) < 4.78 is 26.1. The number of anilines is 1. The monoisotopic (exact) mass is 282 g/mol. The predicted molar refractivity (Wildman–Crippen MR) is 66.3 cm³/mol. The average Bonchev–Trinajstić information content (AvgIpc) is 2.08. The van der Waals surface area contributed by atoms with Gasteiger partial charge in [-0.1, -0.05) is 23.2 Å². The normalized spacial score (nSPS) is 12.1. The molecule has 0 saturated heterocycles. The first-order valence-electron chi connectivity index (χ1n) is 4.51. The third-order valence-electron chi connectivity index (χ3n) is 1.73. The van der Waals surface area contributed by atoms with E-state index >= 15 is 0 Å². The number of hydrogen-bond acceptors (Lipinski definition) is 3. The van der Waals surface area contributed by atoms with Crippen LogP contribution in [0.2, 0.25) is 10.0 Å². The van der Waals surface area contributed by atoms with Crippen LogP contribution in [0.25, 0.3) is 0 Å². The molecule has 0 atom stereocenters. The van der Waals surface area contributed by atoms with E-state index in [-0.39, 0.29) is 26.7 Å². The summed E-state index contributed by atoms with van der Waals surface area (Å²) in [6, 6.07) is 2.33. The van der Waals surface area contributed by atoms with Gasteiger partial charge in [-0.05, 0) is 26.0 Å². The smallest absolute Gasteiger partial charge is 0.242 e. The summed E-state index contributed by atoms with van der Waals surface area (Å²) in [5, 5.41) is 0.212. The van der Waals surface area contributed by atoms with Crippen LogP contribution >= 0.6 is 23.2 Å². The minimum Gasteiger partial charge on any atom is -0.397 e. The van der Waals surface area contributed by atoms with Crippen molar-refractivity contribution in [1.29, 1.82) is 0 Å². The zero-order valence-electron chi connectivity index (χ0n) is 8.79. The third-order valence-corrected chi connectivity index (χ3v) is 4.18. The molecule has 1 aromatic rings. The van der Waals surface area contributed by atoms with Gasteiger partial charge in [0.2, 0.25) is 10.0 Å². The average molecular weight is 283 g/mol. The maximum absolute atomic E-state index is 11.8. The minimum absolute atomic E-state index is 0.0510. The highest BCUT2D eigenvalue weighted by atomic mass is 35.5. The van der Waals surface area contributed by atoms with E-state index in [9.17, 15) is 8.42 Å². The number of nitrogens with one attached hydrogen (secondary N) is 1. The predicted octanol–water partition coefficient (Wildman–Crippen LogP) is 2.26.